The lowest BCUT2D eigenvalue weighted by atomic mass is 9.98. The van der Waals surface area contributed by atoms with Crippen LogP contribution in [0.2, 0.25) is 0 Å². The van der Waals surface area contributed by atoms with Gasteiger partial charge in [0.15, 0.2) is 0 Å². The Bertz CT molecular complexity index is 1230. The first kappa shape index (κ1) is 22.0. The van der Waals surface area contributed by atoms with Crippen molar-refractivity contribution in [3.63, 3.8) is 0 Å². The van der Waals surface area contributed by atoms with Crippen LogP contribution in [0.5, 0.6) is 0 Å². The second kappa shape index (κ2) is 9.13. The minimum Gasteiger partial charge on any atom is -0.324 e. The number of likely N-dealkylation sites (tertiary alicyclic amines) is 1. The topological polar surface area (TPSA) is 63.1 Å². The standard InChI is InChI=1S/C26H31N5O/c1-17(2)6-7-20-14-22-15-27-26(29-24(22)31(18(3)4)25(20)32)28-23-10-8-19(9-11-23)21-12-13-30(5)16-21/h8-11,14-15,17-18,21H,12-13,16H2,1-5H3,(H,27,28,29). The van der Waals surface area contributed by atoms with Crippen molar-refractivity contribution in [3.8, 4) is 11.8 Å². The average Bonchev–Trinajstić information content (AvgIpc) is 3.19. The van der Waals surface area contributed by atoms with Crippen molar-refractivity contribution in [2.75, 3.05) is 25.5 Å². The van der Waals surface area contributed by atoms with E-state index in [1.54, 1.807) is 16.8 Å². The summed E-state index contributed by atoms with van der Waals surface area (Å²) in [7, 11) is 2.17. The molecule has 166 valence electrons. The molecule has 1 aliphatic heterocycles. The molecular formula is C26H31N5O. The second-order valence-electron chi connectivity index (χ2n) is 9.22. The van der Waals surface area contributed by atoms with Gasteiger partial charge in [0.05, 0.1) is 5.56 Å². The third-order valence-corrected chi connectivity index (χ3v) is 5.81. The summed E-state index contributed by atoms with van der Waals surface area (Å²) in [6.45, 7) is 10.2. The molecular weight excluding hydrogens is 398 g/mol. The fourth-order valence-corrected chi connectivity index (χ4v) is 4.15. The van der Waals surface area contributed by atoms with Crippen LogP contribution in [0, 0.1) is 17.8 Å². The summed E-state index contributed by atoms with van der Waals surface area (Å²) < 4.78 is 1.70. The van der Waals surface area contributed by atoms with Crippen molar-refractivity contribution in [3.05, 3.63) is 58.0 Å². The maximum Gasteiger partial charge on any atom is 0.268 e. The van der Waals surface area contributed by atoms with E-state index in [0.717, 1.165) is 24.2 Å². The number of hydrogen-bond acceptors (Lipinski definition) is 5. The number of fused-ring (bicyclic) bond motifs is 1. The van der Waals surface area contributed by atoms with Gasteiger partial charge in [0.1, 0.15) is 5.65 Å². The third kappa shape index (κ3) is 4.68. The maximum absolute atomic E-state index is 13.1. The zero-order valence-electron chi connectivity index (χ0n) is 19.5. The highest BCUT2D eigenvalue weighted by atomic mass is 16.1. The number of rotatable bonds is 4. The fraction of sp³-hybridized carbons (Fsp3) is 0.423. The monoisotopic (exact) mass is 429 g/mol. The molecule has 0 saturated carbocycles. The van der Waals surface area contributed by atoms with Crippen LogP contribution < -0.4 is 10.9 Å². The van der Waals surface area contributed by atoms with E-state index in [1.165, 1.54) is 12.0 Å². The first-order chi connectivity index (χ1) is 15.3. The summed E-state index contributed by atoms with van der Waals surface area (Å²) in [4.78, 5) is 24.6. The first-order valence-corrected chi connectivity index (χ1v) is 11.3. The van der Waals surface area contributed by atoms with E-state index in [-0.39, 0.29) is 17.5 Å². The van der Waals surface area contributed by atoms with Crippen LogP contribution in [-0.2, 0) is 0 Å². The minimum absolute atomic E-state index is 0.0441. The number of pyridine rings is 1. The van der Waals surface area contributed by atoms with Gasteiger partial charge in [0.2, 0.25) is 5.95 Å². The lowest BCUT2D eigenvalue weighted by Gasteiger charge is -2.15. The molecule has 4 rings (SSSR count). The lowest BCUT2D eigenvalue weighted by molar-refractivity contribution is 0.411. The van der Waals surface area contributed by atoms with E-state index in [0.29, 0.717) is 23.1 Å². The van der Waals surface area contributed by atoms with Crippen LogP contribution in [0.15, 0.2) is 41.3 Å². The van der Waals surface area contributed by atoms with Crippen molar-refractivity contribution in [2.45, 2.75) is 46.1 Å². The molecule has 0 amide bonds. The summed E-state index contributed by atoms with van der Waals surface area (Å²) in [6.07, 6.45) is 2.96. The summed E-state index contributed by atoms with van der Waals surface area (Å²) in [5.41, 5.74) is 3.28. The Morgan fingerprint density at radius 2 is 1.91 bits per heavy atom. The maximum atomic E-state index is 13.1. The van der Waals surface area contributed by atoms with Gasteiger partial charge in [-0.25, -0.2) is 4.98 Å². The molecule has 1 atom stereocenters. The van der Waals surface area contributed by atoms with Gasteiger partial charge in [0, 0.05) is 35.8 Å². The van der Waals surface area contributed by atoms with Crippen LogP contribution in [0.1, 0.15) is 57.2 Å². The van der Waals surface area contributed by atoms with Gasteiger partial charge in [-0.05, 0) is 63.5 Å². The molecule has 3 aromatic rings. The molecule has 0 spiro atoms. The minimum atomic E-state index is -0.115. The summed E-state index contributed by atoms with van der Waals surface area (Å²) in [6, 6.07) is 10.2. The number of aromatic nitrogens is 3. The second-order valence-corrected chi connectivity index (χ2v) is 9.22. The van der Waals surface area contributed by atoms with Crippen LogP contribution in [0.25, 0.3) is 11.0 Å². The highest BCUT2D eigenvalue weighted by molar-refractivity contribution is 5.77. The highest BCUT2D eigenvalue weighted by Gasteiger charge is 2.20. The van der Waals surface area contributed by atoms with Gasteiger partial charge in [0.25, 0.3) is 5.56 Å². The van der Waals surface area contributed by atoms with E-state index in [9.17, 15) is 4.79 Å². The SMILES string of the molecule is CC(C)C#Cc1cc2cnc(Nc3ccc(C4CCN(C)C4)cc3)nc2n(C(C)C)c1=O. The molecule has 6 nitrogen and oxygen atoms in total. The van der Waals surface area contributed by atoms with Crippen molar-refractivity contribution in [2.24, 2.45) is 5.92 Å². The summed E-state index contributed by atoms with van der Waals surface area (Å²) >= 11 is 0. The van der Waals surface area contributed by atoms with Crippen LogP contribution in [0.4, 0.5) is 11.6 Å². The van der Waals surface area contributed by atoms with E-state index >= 15 is 0 Å². The van der Waals surface area contributed by atoms with E-state index in [2.05, 4.69) is 63.3 Å². The molecule has 0 radical (unpaired) electrons. The van der Waals surface area contributed by atoms with Gasteiger partial charge >= 0.3 is 0 Å². The van der Waals surface area contributed by atoms with Crippen molar-refractivity contribution in [1.82, 2.24) is 19.4 Å². The molecule has 1 fully saturated rings. The fourth-order valence-electron chi connectivity index (χ4n) is 4.15. The summed E-state index contributed by atoms with van der Waals surface area (Å²) in [5.74, 6) is 7.38. The third-order valence-electron chi connectivity index (χ3n) is 5.81. The van der Waals surface area contributed by atoms with Crippen molar-refractivity contribution < 1.29 is 0 Å². The highest BCUT2D eigenvalue weighted by Crippen LogP contribution is 2.27. The Kier molecular flexibility index (Phi) is 6.29. The zero-order chi connectivity index (χ0) is 22.8. The molecule has 0 bridgehead atoms. The van der Waals surface area contributed by atoms with E-state index in [1.807, 2.05) is 27.7 Å². The number of nitrogens with zero attached hydrogens (tertiary/aromatic N) is 4. The Hall–Kier alpha value is -3.17. The molecule has 1 aliphatic rings. The van der Waals surface area contributed by atoms with Crippen molar-refractivity contribution >= 4 is 22.7 Å². The molecule has 32 heavy (non-hydrogen) atoms. The predicted octanol–water partition coefficient (Wildman–Crippen LogP) is 4.54. The van der Waals surface area contributed by atoms with E-state index in [4.69, 9.17) is 0 Å². The Morgan fingerprint density at radius 3 is 2.53 bits per heavy atom. The average molecular weight is 430 g/mol. The number of anilines is 2. The van der Waals surface area contributed by atoms with Gasteiger partial charge in [-0.1, -0.05) is 37.8 Å². The Morgan fingerprint density at radius 1 is 1.16 bits per heavy atom. The van der Waals surface area contributed by atoms with Gasteiger partial charge in [-0.15, -0.1) is 0 Å². The molecule has 1 aromatic carbocycles. The Balaban J connectivity index is 1.64. The number of benzene rings is 1. The first-order valence-electron chi connectivity index (χ1n) is 11.3. The predicted molar refractivity (Wildman–Crippen MR) is 130 cm³/mol. The lowest BCUT2D eigenvalue weighted by Crippen LogP contribution is -2.25. The molecule has 2 aromatic heterocycles. The van der Waals surface area contributed by atoms with Crippen LogP contribution in [0.3, 0.4) is 0 Å². The smallest absolute Gasteiger partial charge is 0.268 e. The number of nitrogens with one attached hydrogen (secondary N) is 1. The van der Waals surface area contributed by atoms with E-state index < -0.39 is 0 Å². The largest absolute Gasteiger partial charge is 0.324 e. The molecule has 1 N–H and O–H groups in total. The Labute approximate surface area is 189 Å². The molecule has 0 aliphatic carbocycles. The van der Waals surface area contributed by atoms with Gasteiger partial charge in [-0.2, -0.15) is 4.98 Å². The number of likely N-dealkylation sites (N-methyl/N-ethyl adjacent to an activating group) is 1. The summed E-state index contributed by atoms with van der Waals surface area (Å²) in [5, 5.41) is 4.09. The van der Waals surface area contributed by atoms with Gasteiger partial charge < -0.3 is 10.2 Å². The quantitative estimate of drug-likeness (QED) is 0.617. The normalized spacial score (nSPS) is 16.5. The number of hydrogen-bond donors (Lipinski definition) is 1. The molecule has 1 unspecified atom stereocenters. The van der Waals surface area contributed by atoms with Gasteiger partial charge in [-0.3, -0.25) is 9.36 Å². The van der Waals surface area contributed by atoms with Crippen LogP contribution >= 0.6 is 0 Å². The molecule has 6 heteroatoms. The zero-order valence-corrected chi connectivity index (χ0v) is 19.5. The van der Waals surface area contributed by atoms with Crippen molar-refractivity contribution in [1.29, 1.82) is 0 Å². The molecule has 3 heterocycles. The van der Waals surface area contributed by atoms with Crippen LogP contribution in [-0.4, -0.2) is 39.6 Å². The molecule has 1 saturated heterocycles.